The normalized spacial score (nSPS) is 21.9. The summed E-state index contributed by atoms with van der Waals surface area (Å²) in [5.41, 5.74) is 0. The minimum absolute atomic E-state index is 0.0282. The van der Waals surface area contributed by atoms with E-state index in [2.05, 4.69) is 9.80 Å². The number of nitrogens with zero attached hydrogens (tertiary/aromatic N) is 4. The second-order valence-electron chi connectivity index (χ2n) is 5.79. The van der Waals surface area contributed by atoms with Crippen LogP contribution in [-0.2, 0) is 18.3 Å². The summed E-state index contributed by atoms with van der Waals surface area (Å²) in [6, 6.07) is 0. The molecule has 1 rings (SSSR count). The van der Waals surface area contributed by atoms with Crippen molar-refractivity contribution in [1.29, 1.82) is 0 Å². The highest BCUT2D eigenvalue weighted by Gasteiger charge is 2.15. The monoisotopic (exact) mass is 352 g/mol. The van der Waals surface area contributed by atoms with Crippen LogP contribution in [0.2, 0.25) is 0 Å². The van der Waals surface area contributed by atoms with Crippen LogP contribution >= 0.6 is 15.4 Å². The largest absolute Gasteiger partial charge is 0.330 e. The quantitative estimate of drug-likeness (QED) is 0.685. The third kappa shape index (κ3) is 8.93. The predicted molar refractivity (Wildman–Crippen MR) is 84.5 cm³/mol. The summed E-state index contributed by atoms with van der Waals surface area (Å²) < 4.78 is 44.0. The average molecular weight is 352 g/mol. The third-order valence-electron chi connectivity index (χ3n) is 3.82. The first-order chi connectivity index (χ1) is 10.4. The van der Waals surface area contributed by atoms with E-state index in [-0.39, 0.29) is 12.6 Å². The molecule has 0 bridgehead atoms. The van der Waals surface area contributed by atoms with Crippen molar-refractivity contribution in [3.8, 4) is 0 Å². The standard InChI is InChI=1S/C12H26N4O4P2/c1-13-3-4-14(2)6-8-16(12-22(19)20)10-9-15(7-5-13)11-21(17)18/h3-12H2,1-2H3. The minimum Gasteiger partial charge on any atom is -0.304 e. The van der Waals surface area contributed by atoms with Crippen molar-refractivity contribution in [2.45, 2.75) is 0 Å². The van der Waals surface area contributed by atoms with Gasteiger partial charge in [0.1, 0.15) is 12.6 Å². The molecule has 0 aromatic rings. The molecule has 0 aromatic carbocycles. The lowest BCUT2D eigenvalue weighted by atomic mass is 10.4. The first kappa shape index (κ1) is 19.7. The van der Waals surface area contributed by atoms with Gasteiger partial charge >= 0.3 is 15.4 Å². The molecule has 0 radical (unpaired) electrons. The lowest BCUT2D eigenvalue weighted by Gasteiger charge is -2.30. The zero-order valence-corrected chi connectivity index (χ0v) is 15.2. The van der Waals surface area contributed by atoms with Gasteiger partial charge in [0.2, 0.25) is 0 Å². The smallest absolute Gasteiger partial charge is 0.304 e. The Hall–Kier alpha value is -0.360. The second kappa shape index (κ2) is 10.4. The molecular weight excluding hydrogens is 326 g/mol. The zero-order valence-electron chi connectivity index (χ0n) is 13.4. The number of likely N-dealkylation sites (N-methyl/N-ethyl adjacent to an activating group) is 2. The van der Waals surface area contributed by atoms with Gasteiger partial charge in [0.05, 0.1) is 0 Å². The Kier molecular flexibility index (Phi) is 9.33. The van der Waals surface area contributed by atoms with Crippen molar-refractivity contribution < 1.29 is 18.3 Å². The fraction of sp³-hybridized carbons (Fsp3) is 1.00. The molecule has 0 saturated carbocycles. The lowest BCUT2D eigenvalue weighted by Crippen LogP contribution is -2.43. The molecule has 10 heteroatoms. The highest BCUT2D eigenvalue weighted by atomic mass is 31.1. The Labute approximate surface area is 133 Å². The molecule has 22 heavy (non-hydrogen) atoms. The lowest BCUT2D eigenvalue weighted by molar-refractivity contribution is 0.171. The predicted octanol–water partition coefficient (Wildman–Crippen LogP) is 0.728. The number of rotatable bonds is 4. The zero-order chi connectivity index (χ0) is 16.5. The molecule has 1 fully saturated rings. The Bertz CT molecular complexity index is 412. The maximum atomic E-state index is 11.0. The summed E-state index contributed by atoms with van der Waals surface area (Å²) in [5, 5.41) is 0. The summed E-state index contributed by atoms with van der Waals surface area (Å²) in [7, 11) is -0.862. The van der Waals surface area contributed by atoms with Crippen LogP contribution in [0.4, 0.5) is 0 Å². The van der Waals surface area contributed by atoms with Gasteiger partial charge in [0.25, 0.3) is 0 Å². The Morgan fingerprint density at radius 1 is 0.591 bits per heavy atom. The summed E-state index contributed by atoms with van der Waals surface area (Å²) >= 11 is 0. The van der Waals surface area contributed by atoms with Crippen molar-refractivity contribution in [2.24, 2.45) is 0 Å². The first-order valence-electron chi connectivity index (χ1n) is 7.42. The average Bonchev–Trinajstić information content (AvgIpc) is 2.42. The first-order valence-corrected chi connectivity index (χ1v) is 10.1. The van der Waals surface area contributed by atoms with Crippen LogP contribution in [0, 0.1) is 0 Å². The fourth-order valence-corrected chi connectivity index (χ4v) is 3.52. The fourth-order valence-electron chi connectivity index (χ4n) is 2.31. The van der Waals surface area contributed by atoms with Crippen molar-refractivity contribution in [3.05, 3.63) is 0 Å². The molecule has 0 aliphatic carbocycles. The molecule has 0 atom stereocenters. The van der Waals surface area contributed by atoms with Gasteiger partial charge in [0.15, 0.2) is 0 Å². The van der Waals surface area contributed by atoms with Gasteiger partial charge in [-0.3, -0.25) is 9.80 Å². The molecule has 0 amide bonds. The van der Waals surface area contributed by atoms with E-state index in [1.165, 1.54) is 0 Å². The molecular formula is C12H26N4O4P2. The summed E-state index contributed by atoms with van der Waals surface area (Å²) in [6.45, 7) is 5.86. The van der Waals surface area contributed by atoms with Crippen LogP contribution in [-0.4, -0.2) is 98.6 Å². The number of hydrogen-bond donors (Lipinski definition) is 0. The molecule has 128 valence electrons. The summed E-state index contributed by atoms with van der Waals surface area (Å²) in [6.07, 6.45) is 0.0564. The van der Waals surface area contributed by atoms with Crippen LogP contribution in [0.15, 0.2) is 0 Å². The van der Waals surface area contributed by atoms with E-state index in [1.54, 1.807) is 0 Å². The third-order valence-corrected chi connectivity index (χ3v) is 5.08. The van der Waals surface area contributed by atoms with E-state index in [4.69, 9.17) is 0 Å². The van der Waals surface area contributed by atoms with Crippen LogP contribution < -0.4 is 0 Å². The second-order valence-corrected chi connectivity index (χ2v) is 7.69. The maximum Gasteiger partial charge on any atom is 0.330 e. The molecule has 0 aromatic heterocycles. The van der Waals surface area contributed by atoms with Gasteiger partial charge in [-0.15, -0.1) is 0 Å². The summed E-state index contributed by atoms with van der Waals surface area (Å²) in [5.74, 6) is 0. The highest BCUT2D eigenvalue weighted by Crippen LogP contribution is 2.10. The van der Waals surface area contributed by atoms with Crippen LogP contribution in [0.1, 0.15) is 0 Å². The molecule has 1 heterocycles. The van der Waals surface area contributed by atoms with Crippen molar-refractivity contribution in [2.75, 3.05) is 79.0 Å². The Balaban J connectivity index is 2.70. The van der Waals surface area contributed by atoms with E-state index < -0.39 is 15.4 Å². The molecule has 8 nitrogen and oxygen atoms in total. The van der Waals surface area contributed by atoms with Gasteiger partial charge in [0, 0.05) is 52.4 Å². The molecule has 0 spiro atoms. The maximum absolute atomic E-state index is 11.0. The number of hydrogen-bond acceptors (Lipinski definition) is 8. The van der Waals surface area contributed by atoms with Gasteiger partial charge < -0.3 is 9.80 Å². The van der Waals surface area contributed by atoms with Crippen LogP contribution in [0.5, 0.6) is 0 Å². The van der Waals surface area contributed by atoms with Crippen molar-refractivity contribution in [1.82, 2.24) is 19.6 Å². The topological polar surface area (TPSA) is 81.2 Å². The van der Waals surface area contributed by atoms with Gasteiger partial charge in [-0.05, 0) is 14.1 Å². The Morgan fingerprint density at radius 3 is 1.18 bits per heavy atom. The van der Waals surface area contributed by atoms with E-state index in [9.17, 15) is 18.3 Å². The highest BCUT2D eigenvalue weighted by molar-refractivity contribution is 7.30. The van der Waals surface area contributed by atoms with Gasteiger partial charge in [-0.25, -0.2) is 18.3 Å². The van der Waals surface area contributed by atoms with Crippen LogP contribution in [0.3, 0.4) is 0 Å². The van der Waals surface area contributed by atoms with Crippen LogP contribution in [0.25, 0.3) is 0 Å². The van der Waals surface area contributed by atoms with E-state index in [1.807, 2.05) is 23.9 Å². The molecule has 0 unspecified atom stereocenters. The molecule has 1 saturated heterocycles. The van der Waals surface area contributed by atoms with E-state index in [0.717, 1.165) is 26.2 Å². The summed E-state index contributed by atoms with van der Waals surface area (Å²) in [4.78, 5) is 8.13. The van der Waals surface area contributed by atoms with Gasteiger partial charge in [-0.1, -0.05) is 0 Å². The molecule has 1 aliphatic rings. The minimum atomic E-state index is -2.46. The SMILES string of the molecule is CN1CCN(C)CCN(CP(=O)=O)CCN(CP(=O)=O)CC1. The van der Waals surface area contributed by atoms with Crippen molar-refractivity contribution in [3.63, 3.8) is 0 Å². The Morgan fingerprint density at radius 2 is 0.864 bits per heavy atom. The molecule has 0 N–H and O–H groups in total. The van der Waals surface area contributed by atoms with E-state index in [0.29, 0.717) is 26.2 Å². The van der Waals surface area contributed by atoms with Crippen molar-refractivity contribution >= 4 is 15.4 Å². The van der Waals surface area contributed by atoms with Gasteiger partial charge in [-0.2, -0.15) is 0 Å². The molecule has 1 aliphatic heterocycles. The van der Waals surface area contributed by atoms with E-state index >= 15 is 0 Å².